The number of aryl methyl sites for hydroxylation is 2. The second kappa shape index (κ2) is 5.96. The molecule has 132 valence electrons. The molecule has 3 aromatic heterocycles. The summed E-state index contributed by atoms with van der Waals surface area (Å²) >= 11 is 6.28. The minimum Gasteiger partial charge on any atom is -0.275 e. The van der Waals surface area contributed by atoms with Crippen molar-refractivity contribution in [3.05, 3.63) is 65.6 Å². The maximum absolute atomic E-state index is 13.4. The first-order valence-corrected chi connectivity index (χ1v) is 9.67. The van der Waals surface area contributed by atoms with E-state index >= 15 is 0 Å². The Kier molecular flexibility index (Phi) is 3.86. The smallest absolute Gasteiger partial charge is 0.269 e. The first-order chi connectivity index (χ1) is 12.4. The molecular formula is C18H15ClN4O2S. The van der Waals surface area contributed by atoms with Gasteiger partial charge in [-0.25, -0.2) is 17.4 Å². The highest BCUT2D eigenvalue weighted by atomic mass is 35.5. The van der Waals surface area contributed by atoms with Crippen LogP contribution in [0.1, 0.15) is 5.56 Å². The van der Waals surface area contributed by atoms with E-state index in [0.717, 1.165) is 5.56 Å². The normalized spacial score (nSPS) is 12.0. The number of fused-ring (bicyclic) bond motifs is 1. The number of aromatic nitrogens is 4. The van der Waals surface area contributed by atoms with Crippen LogP contribution in [0.5, 0.6) is 0 Å². The van der Waals surface area contributed by atoms with E-state index in [1.165, 1.54) is 10.2 Å². The van der Waals surface area contributed by atoms with E-state index in [9.17, 15) is 8.42 Å². The molecule has 4 aromatic rings. The molecule has 26 heavy (non-hydrogen) atoms. The number of pyridine rings is 1. The Labute approximate surface area is 155 Å². The Balaban J connectivity index is 2.07. The van der Waals surface area contributed by atoms with Crippen LogP contribution in [0.4, 0.5) is 0 Å². The zero-order chi connectivity index (χ0) is 18.5. The zero-order valence-electron chi connectivity index (χ0n) is 14.1. The summed E-state index contributed by atoms with van der Waals surface area (Å²) in [5.74, 6) is 0. The predicted octanol–water partition coefficient (Wildman–Crippen LogP) is 3.64. The van der Waals surface area contributed by atoms with Crippen molar-refractivity contribution in [3.8, 4) is 11.3 Å². The van der Waals surface area contributed by atoms with Crippen LogP contribution in [0.25, 0.3) is 22.3 Å². The second-order valence-corrected chi connectivity index (χ2v) is 8.24. The lowest BCUT2D eigenvalue weighted by Crippen LogP contribution is -2.14. The van der Waals surface area contributed by atoms with E-state index in [0.29, 0.717) is 21.7 Å². The van der Waals surface area contributed by atoms with Gasteiger partial charge in [-0.05, 0) is 31.2 Å². The molecule has 0 saturated heterocycles. The third-order valence-electron chi connectivity index (χ3n) is 4.17. The van der Waals surface area contributed by atoms with Crippen molar-refractivity contribution in [1.82, 2.24) is 18.7 Å². The summed E-state index contributed by atoms with van der Waals surface area (Å²) in [6.45, 7) is 1.91. The Hall–Kier alpha value is -2.64. The van der Waals surface area contributed by atoms with Crippen LogP contribution in [0.15, 0.2) is 59.9 Å². The van der Waals surface area contributed by atoms with Gasteiger partial charge in [0.2, 0.25) is 0 Å². The summed E-state index contributed by atoms with van der Waals surface area (Å²) in [6.07, 6.45) is 4.87. The third kappa shape index (κ3) is 2.60. The Morgan fingerprint density at radius 3 is 2.50 bits per heavy atom. The summed E-state index contributed by atoms with van der Waals surface area (Å²) in [7, 11) is -2.09. The quantitative estimate of drug-likeness (QED) is 0.539. The molecule has 0 amide bonds. The summed E-state index contributed by atoms with van der Waals surface area (Å²) in [6, 6.07) is 10.1. The average Bonchev–Trinajstić information content (AvgIpc) is 3.20. The van der Waals surface area contributed by atoms with E-state index in [4.69, 9.17) is 11.6 Å². The number of hydrogen-bond acceptors (Lipinski definition) is 4. The van der Waals surface area contributed by atoms with Crippen molar-refractivity contribution in [2.24, 2.45) is 7.05 Å². The van der Waals surface area contributed by atoms with Gasteiger partial charge in [-0.3, -0.25) is 4.68 Å². The van der Waals surface area contributed by atoms with Crippen LogP contribution < -0.4 is 0 Å². The minimum absolute atomic E-state index is 0.188. The monoisotopic (exact) mass is 386 g/mol. The molecule has 0 radical (unpaired) electrons. The number of rotatable bonds is 3. The van der Waals surface area contributed by atoms with Gasteiger partial charge < -0.3 is 0 Å². The van der Waals surface area contributed by atoms with Crippen molar-refractivity contribution < 1.29 is 8.42 Å². The van der Waals surface area contributed by atoms with E-state index < -0.39 is 10.0 Å². The molecule has 0 aliphatic heterocycles. The fourth-order valence-corrected chi connectivity index (χ4v) is 4.53. The summed E-state index contributed by atoms with van der Waals surface area (Å²) in [5.41, 5.74) is 2.40. The van der Waals surface area contributed by atoms with Crippen LogP contribution in [0.2, 0.25) is 5.02 Å². The SMILES string of the molecule is Cc1ccc(S(=O)(=O)n2c(-c3cnn(C)c3)cc3c(Cl)ccnc32)cc1. The zero-order valence-corrected chi connectivity index (χ0v) is 15.7. The molecule has 0 saturated carbocycles. The highest BCUT2D eigenvalue weighted by Gasteiger charge is 2.26. The van der Waals surface area contributed by atoms with Crippen LogP contribution in [-0.4, -0.2) is 27.2 Å². The Bertz CT molecular complexity index is 1220. The molecular weight excluding hydrogens is 372 g/mol. The van der Waals surface area contributed by atoms with Gasteiger partial charge in [-0.15, -0.1) is 0 Å². The van der Waals surface area contributed by atoms with Gasteiger partial charge in [0.05, 0.1) is 21.8 Å². The topological polar surface area (TPSA) is 69.8 Å². The van der Waals surface area contributed by atoms with Gasteiger partial charge >= 0.3 is 0 Å². The standard InChI is InChI=1S/C18H15ClN4O2S/c1-12-3-5-14(6-4-12)26(24,25)23-17(13-10-21-22(2)11-13)9-15-16(19)7-8-20-18(15)23/h3-11H,1-2H3. The van der Waals surface area contributed by atoms with Gasteiger partial charge in [0.1, 0.15) is 0 Å². The molecule has 0 fully saturated rings. The summed E-state index contributed by atoms with van der Waals surface area (Å²) in [4.78, 5) is 4.46. The summed E-state index contributed by atoms with van der Waals surface area (Å²) in [5, 5.41) is 5.16. The van der Waals surface area contributed by atoms with Gasteiger partial charge in [-0.1, -0.05) is 29.3 Å². The lowest BCUT2D eigenvalue weighted by molar-refractivity contribution is 0.589. The second-order valence-electron chi connectivity index (χ2n) is 6.04. The van der Waals surface area contributed by atoms with Crippen molar-refractivity contribution >= 4 is 32.7 Å². The van der Waals surface area contributed by atoms with Gasteiger partial charge in [-0.2, -0.15) is 5.10 Å². The molecule has 0 aliphatic carbocycles. The third-order valence-corrected chi connectivity index (χ3v) is 6.22. The van der Waals surface area contributed by atoms with Gasteiger partial charge in [0.15, 0.2) is 5.65 Å². The van der Waals surface area contributed by atoms with Crippen molar-refractivity contribution in [3.63, 3.8) is 0 Å². The Morgan fingerprint density at radius 1 is 1.12 bits per heavy atom. The van der Waals surface area contributed by atoms with Crippen LogP contribution >= 0.6 is 11.6 Å². The van der Waals surface area contributed by atoms with Crippen molar-refractivity contribution in [1.29, 1.82) is 0 Å². The molecule has 0 unspecified atom stereocenters. The molecule has 0 N–H and O–H groups in total. The van der Waals surface area contributed by atoms with Crippen molar-refractivity contribution in [2.75, 3.05) is 0 Å². The maximum Gasteiger partial charge on any atom is 0.269 e. The maximum atomic E-state index is 13.4. The Morgan fingerprint density at radius 2 is 1.85 bits per heavy atom. The van der Waals surface area contributed by atoms with E-state index in [1.807, 2.05) is 6.92 Å². The first-order valence-electron chi connectivity index (χ1n) is 7.85. The lowest BCUT2D eigenvalue weighted by atomic mass is 10.2. The fraction of sp³-hybridized carbons (Fsp3) is 0.111. The fourth-order valence-electron chi connectivity index (χ4n) is 2.86. The number of halogens is 1. The molecule has 0 spiro atoms. The van der Waals surface area contributed by atoms with Crippen LogP contribution in [0, 0.1) is 6.92 Å². The largest absolute Gasteiger partial charge is 0.275 e. The summed E-state index contributed by atoms with van der Waals surface area (Å²) < 4.78 is 29.6. The lowest BCUT2D eigenvalue weighted by Gasteiger charge is -2.11. The van der Waals surface area contributed by atoms with E-state index in [-0.39, 0.29) is 10.5 Å². The molecule has 4 rings (SSSR count). The van der Waals surface area contributed by atoms with E-state index in [1.54, 1.807) is 60.5 Å². The average molecular weight is 387 g/mol. The number of nitrogens with zero attached hydrogens (tertiary/aromatic N) is 4. The highest BCUT2D eigenvalue weighted by molar-refractivity contribution is 7.90. The molecule has 0 atom stereocenters. The molecule has 8 heteroatoms. The molecule has 1 aromatic carbocycles. The number of benzene rings is 1. The first kappa shape index (κ1) is 16.8. The highest BCUT2D eigenvalue weighted by Crippen LogP contribution is 2.34. The number of hydrogen-bond donors (Lipinski definition) is 0. The van der Waals surface area contributed by atoms with E-state index in [2.05, 4.69) is 10.1 Å². The van der Waals surface area contributed by atoms with Crippen LogP contribution in [0.3, 0.4) is 0 Å². The predicted molar refractivity (Wildman–Crippen MR) is 101 cm³/mol. The minimum atomic E-state index is -3.87. The molecule has 3 heterocycles. The van der Waals surface area contributed by atoms with Gasteiger partial charge in [0.25, 0.3) is 10.0 Å². The molecule has 0 bridgehead atoms. The van der Waals surface area contributed by atoms with Gasteiger partial charge in [0, 0.05) is 30.4 Å². The molecule has 6 nitrogen and oxygen atoms in total. The van der Waals surface area contributed by atoms with Crippen molar-refractivity contribution in [2.45, 2.75) is 11.8 Å². The van der Waals surface area contributed by atoms with Crippen LogP contribution in [-0.2, 0) is 17.1 Å². The molecule has 0 aliphatic rings.